The zero-order chi connectivity index (χ0) is 16.2. The lowest BCUT2D eigenvalue weighted by atomic mass is 10.2. The summed E-state index contributed by atoms with van der Waals surface area (Å²) in [5, 5.41) is 9.82. The molecule has 118 valence electrons. The van der Waals surface area contributed by atoms with Crippen LogP contribution < -0.4 is 9.47 Å². The van der Waals surface area contributed by atoms with Crippen molar-refractivity contribution in [1.82, 2.24) is 9.97 Å². The van der Waals surface area contributed by atoms with E-state index in [9.17, 15) is 4.79 Å². The Morgan fingerprint density at radius 2 is 2.17 bits per heavy atom. The van der Waals surface area contributed by atoms with E-state index in [1.54, 1.807) is 19.4 Å². The second-order valence-electron chi connectivity index (χ2n) is 4.98. The van der Waals surface area contributed by atoms with Gasteiger partial charge in [-0.1, -0.05) is 12.1 Å². The first-order chi connectivity index (χ1) is 11.2. The van der Waals surface area contributed by atoms with Crippen LogP contribution in [-0.4, -0.2) is 34.8 Å². The lowest BCUT2D eigenvalue weighted by Gasteiger charge is -2.09. The lowest BCUT2D eigenvalue weighted by molar-refractivity contribution is 0.0691. The van der Waals surface area contributed by atoms with Crippen LogP contribution in [0.2, 0.25) is 0 Å². The Bertz CT molecular complexity index is 841. The number of carboxylic acid groups (broad SMARTS) is 1. The predicted molar refractivity (Wildman–Crippen MR) is 85.2 cm³/mol. The molecule has 0 fully saturated rings. The maximum Gasteiger partial charge on any atom is 0.352 e. The summed E-state index contributed by atoms with van der Waals surface area (Å²) in [5.74, 6) is 0.241. The fourth-order valence-corrected chi connectivity index (χ4v) is 2.44. The Morgan fingerprint density at radius 1 is 1.30 bits per heavy atom. The molecule has 2 N–H and O–H groups in total. The first-order valence-corrected chi connectivity index (χ1v) is 7.14. The first kappa shape index (κ1) is 14.9. The number of aromatic amines is 1. The molecule has 6 heteroatoms. The summed E-state index contributed by atoms with van der Waals surface area (Å²) in [7, 11) is 1.58. The number of hydrogen-bond donors (Lipinski definition) is 2. The number of hydrogen-bond acceptors (Lipinski definition) is 4. The highest BCUT2D eigenvalue weighted by atomic mass is 16.5. The van der Waals surface area contributed by atoms with Crippen LogP contribution in [0.4, 0.5) is 0 Å². The number of methoxy groups -OCH3 is 1. The lowest BCUT2D eigenvalue weighted by Crippen LogP contribution is -2.04. The van der Waals surface area contributed by atoms with E-state index in [-0.39, 0.29) is 5.69 Å². The van der Waals surface area contributed by atoms with Gasteiger partial charge in [-0.25, -0.2) is 9.78 Å². The van der Waals surface area contributed by atoms with Gasteiger partial charge in [0.1, 0.15) is 11.4 Å². The summed E-state index contributed by atoms with van der Waals surface area (Å²) in [5.41, 5.74) is 1.84. The molecule has 0 spiro atoms. The molecule has 0 saturated heterocycles. The van der Waals surface area contributed by atoms with E-state index in [0.717, 1.165) is 16.5 Å². The molecule has 0 radical (unpaired) electrons. The summed E-state index contributed by atoms with van der Waals surface area (Å²) in [6.45, 7) is 0.439. The van der Waals surface area contributed by atoms with Crippen LogP contribution in [-0.2, 0) is 6.42 Å². The minimum absolute atomic E-state index is 0.143. The first-order valence-electron chi connectivity index (χ1n) is 7.14. The van der Waals surface area contributed by atoms with Crippen molar-refractivity contribution >= 4 is 16.9 Å². The molecular formula is C17H16N2O4. The Morgan fingerprint density at radius 3 is 2.96 bits per heavy atom. The van der Waals surface area contributed by atoms with Gasteiger partial charge in [0.15, 0.2) is 0 Å². The second-order valence-corrected chi connectivity index (χ2v) is 4.98. The fourth-order valence-electron chi connectivity index (χ4n) is 2.44. The predicted octanol–water partition coefficient (Wildman–Crippen LogP) is 2.89. The minimum atomic E-state index is -0.993. The highest BCUT2D eigenvalue weighted by molar-refractivity contribution is 5.96. The summed E-state index contributed by atoms with van der Waals surface area (Å²) < 4.78 is 11.0. The van der Waals surface area contributed by atoms with Gasteiger partial charge >= 0.3 is 5.97 Å². The van der Waals surface area contributed by atoms with Gasteiger partial charge in [-0.05, 0) is 24.3 Å². The van der Waals surface area contributed by atoms with Gasteiger partial charge in [0.2, 0.25) is 5.88 Å². The molecule has 3 rings (SSSR count). The van der Waals surface area contributed by atoms with Crippen molar-refractivity contribution in [3.8, 4) is 11.6 Å². The van der Waals surface area contributed by atoms with Crippen LogP contribution in [0.3, 0.4) is 0 Å². The Hall–Kier alpha value is -3.02. The molecular weight excluding hydrogens is 296 g/mol. The molecule has 0 amide bonds. The number of pyridine rings is 1. The van der Waals surface area contributed by atoms with Crippen LogP contribution in [0.15, 0.2) is 42.6 Å². The molecule has 3 aromatic rings. The van der Waals surface area contributed by atoms with Crippen molar-refractivity contribution in [2.24, 2.45) is 0 Å². The van der Waals surface area contributed by atoms with Crippen LogP contribution >= 0.6 is 0 Å². The minimum Gasteiger partial charge on any atom is -0.493 e. The quantitative estimate of drug-likeness (QED) is 0.731. The van der Waals surface area contributed by atoms with Gasteiger partial charge in [0.05, 0.1) is 13.7 Å². The van der Waals surface area contributed by atoms with Crippen molar-refractivity contribution in [3.05, 3.63) is 53.9 Å². The van der Waals surface area contributed by atoms with Crippen LogP contribution in [0.25, 0.3) is 10.9 Å². The van der Waals surface area contributed by atoms with Gasteiger partial charge in [0.25, 0.3) is 0 Å². The summed E-state index contributed by atoms with van der Waals surface area (Å²) in [4.78, 5) is 18.1. The van der Waals surface area contributed by atoms with Crippen molar-refractivity contribution in [2.75, 3.05) is 13.7 Å². The molecule has 0 saturated carbocycles. The van der Waals surface area contributed by atoms with E-state index >= 15 is 0 Å². The smallest absolute Gasteiger partial charge is 0.352 e. The van der Waals surface area contributed by atoms with E-state index in [0.29, 0.717) is 24.7 Å². The molecule has 0 atom stereocenters. The number of aromatic nitrogens is 2. The van der Waals surface area contributed by atoms with Gasteiger partial charge < -0.3 is 19.6 Å². The largest absolute Gasteiger partial charge is 0.493 e. The summed E-state index contributed by atoms with van der Waals surface area (Å²) >= 11 is 0. The second kappa shape index (κ2) is 6.39. The van der Waals surface area contributed by atoms with Crippen LogP contribution in [0, 0.1) is 0 Å². The topological polar surface area (TPSA) is 84.4 Å². The van der Waals surface area contributed by atoms with Crippen molar-refractivity contribution < 1.29 is 19.4 Å². The van der Waals surface area contributed by atoms with Crippen LogP contribution in [0.1, 0.15) is 16.1 Å². The number of H-pyrrole nitrogens is 1. The Labute approximate surface area is 132 Å². The van der Waals surface area contributed by atoms with Crippen LogP contribution in [0.5, 0.6) is 11.6 Å². The molecule has 2 heterocycles. The standard InChI is InChI=1S/C17H16N2O4/c1-22-16-11(4-3-8-18-16)7-9-23-15-6-2-5-13-12(15)10-14(19-13)17(20)21/h2-6,8,10,19H,7,9H2,1H3,(H,20,21). The van der Waals surface area contributed by atoms with Crippen molar-refractivity contribution in [2.45, 2.75) is 6.42 Å². The number of ether oxygens (including phenoxy) is 2. The molecule has 1 aromatic carbocycles. The molecule has 0 bridgehead atoms. The third kappa shape index (κ3) is 3.11. The van der Waals surface area contributed by atoms with E-state index in [1.807, 2.05) is 30.3 Å². The number of nitrogens with zero attached hydrogens (tertiary/aromatic N) is 1. The molecule has 0 aliphatic rings. The number of carbonyl (C=O) groups is 1. The molecule has 0 aliphatic heterocycles. The zero-order valence-corrected chi connectivity index (χ0v) is 12.6. The number of nitrogens with one attached hydrogen (secondary N) is 1. The Kier molecular flexibility index (Phi) is 4.14. The number of aromatic carboxylic acids is 1. The monoisotopic (exact) mass is 312 g/mol. The third-order valence-electron chi connectivity index (χ3n) is 3.53. The van der Waals surface area contributed by atoms with Crippen molar-refractivity contribution in [1.29, 1.82) is 0 Å². The average Bonchev–Trinajstić information content (AvgIpc) is 3.01. The molecule has 2 aromatic heterocycles. The molecule has 0 unspecified atom stereocenters. The van der Waals surface area contributed by atoms with E-state index < -0.39 is 5.97 Å². The maximum absolute atomic E-state index is 11.1. The number of fused-ring (bicyclic) bond motifs is 1. The SMILES string of the molecule is COc1ncccc1CCOc1cccc2[nH]c(C(=O)O)cc12. The maximum atomic E-state index is 11.1. The van der Waals surface area contributed by atoms with E-state index in [1.165, 1.54) is 0 Å². The zero-order valence-electron chi connectivity index (χ0n) is 12.6. The molecule has 23 heavy (non-hydrogen) atoms. The molecule has 6 nitrogen and oxygen atoms in total. The van der Waals surface area contributed by atoms with Gasteiger partial charge in [-0.2, -0.15) is 0 Å². The highest BCUT2D eigenvalue weighted by Crippen LogP contribution is 2.26. The van der Waals surface area contributed by atoms with Gasteiger partial charge in [0, 0.05) is 29.1 Å². The van der Waals surface area contributed by atoms with E-state index in [4.69, 9.17) is 14.6 Å². The highest BCUT2D eigenvalue weighted by Gasteiger charge is 2.11. The summed E-state index contributed by atoms with van der Waals surface area (Å²) in [6.07, 6.45) is 2.32. The fraction of sp³-hybridized carbons (Fsp3) is 0.176. The summed E-state index contributed by atoms with van der Waals surface area (Å²) in [6, 6.07) is 10.8. The number of carboxylic acids is 1. The van der Waals surface area contributed by atoms with E-state index in [2.05, 4.69) is 9.97 Å². The van der Waals surface area contributed by atoms with Crippen molar-refractivity contribution in [3.63, 3.8) is 0 Å². The van der Waals surface area contributed by atoms with Gasteiger partial charge in [-0.3, -0.25) is 0 Å². The van der Waals surface area contributed by atoms with Gasteiger partial charge in [-0.15, -0.1) is 0 Å². The number of rotatable bonds is 6. The molecule has 0 aliphatic carbocycles. The Balaban J connectivity index is 1.75. The average molecular weight is 312 g/mol. The third-order valence-corrected chi connectivity index (χ3v) is 3.53. The number of benzene rings is 1. The normalized spacial score (nSPS) is 10.7.